The number of amides is 1. The average molecular weight is 411 g/mol. The topological polar surface area (TPSA) is 68.6 Å². The van der Waals surface area contributed by atoms with Crippen LogP contribution in [0.25, 0.3) is 22.4 Å². The van der Waals surface area contributed by atoms with Crippen molar-refractivity contribution in [2.24, 2.45) is 0 Å². The molecule has 2 aromatic heterocycles. The van der Waals surface area contributed by atoms with Gasteiger partial charge in [-0.25, -0.2) is 4.79 Å². The lowest BCUT2D eigenvalue weighted by molar-refractivity contribution is -0.133. The molecule has 0 saturated heterocycles. The predicted molar refractivity (Wildman–Crippen MR) is 111 cm³/mol. The third-order valence-corrected chi connectivity index (χ3v) is 5.08. The second kappa shape index (κ2) is 7.64. The highest BCUT2D eigenvalue weighted by Gasteiger charge is 2.24. The summed E-state index contributed by atoms with van der Waals surface area (Å²) >= 11 is 5.92. The Bertz CT molecular complexity index is 1220. The van der Waals surface area contributed by atoms with Gasteiger partial charge in [0.15, 0.2) is 5.58 Å². The Balaban J connectivity index is 1.52. The first kappa shape index (κ1) is 19.1. The van der Waals surface area contributed by atoms with E-state index >= 15 is 0 Å². The SMILES string of the molecule is C[C@@H](C(=O)N(C)Cc1ccc(-c2ccc(Cl)cc2)o1)n1c(=O)oc2ccccc21. The van der Waals surface area contributed by atoms with Crippen molar-refractivity contribution < 1.29 is 13.6 Å². The number of carbonyl (C=O) groups is 1. The van der Waals surface area contributed by atoms with E-state index in [9.17, 15) is 9.59 Å². The number of benzene rings is 2. The van der Waals surface area contributed by atoms with Crippen LogP contribution in [0.4, 0.5) is 0 Å². The molecule has 0 saturated carbocycles. The maximum absolute atomic E-state index is 12.9. The molecule has 0 aliphatic heterocycles. The van der Waals surface area contributed by atoms with Crippen molar-refractivity contribution in [2.45, 2.75) is 19.5 Å². The lowest BCUT2D eigenvalue weighted by atomic mass is 10.2. The van der Waals surface area contributed by atoms with E-state index in [1.165, 1.54) is 9.47 Å². The maximum atomic E-state index is 12.9. The van der Waals surface area contributed by atoms with Gasteiger partial charge in [-0.3, -0.25) is 9.36 Å². The van der Waals surface area contributed by atoms with Gasteiger partial charge in [0.05, 0.1) is 12.1 Å². The van der Waals surface area contributed by atoms with E-state index in [2.05, 4.69) is 0 Å². The van der Waals surface area contributed by atoms with Crippen LogP contribution in [0.15, 0.2) is 74.3 Å². The molecule has 1 atom stereocenters. The highest BCUT2D eigenvalue weighted by molar-refractivity contribution is 6.30. The molecule has 0 spiro atoms. The smallest absolute Gasteiger partial charge is 0.420 e. The molecule has 0 unspecified atom stereocenters. The van der Waals surface area contributed by atoms with Gasteiger partial charge in [-0.05, 0) is 55.5 Å². The number of likely N-dealkylation sites (N-methyl/N-ethyl adjacent to an activating group) is 1. The summed E-state index contributed by atoms with van der Waals surface area (Å²) in [5.41, 5.74) is 1.95. The van der Waals surface area contributed by atoms with Gasteiger partial charge in [-0.1, -0.05) is 23.7 Å². The molecule has 148 valence electrons. The number of fused-ring (bicyclic) bond motifs is 1. The first-order valence-corrected chi connectivity index (χ1v) is 9.51. The number of aromatic nitrogens is 1. The zero-order valence-electron chi connectivity index (χ0n) is 16.0. The van der Waals surface area contributed by atoms with Crippen LogP contribution in [0.1, 0.15) is 18.7 Å². The van der Waals surface area contributed by atoms with Crippen molar-refractivity contribution in [1.29, 1.82) is 0 Å². The molecule has 0 N–H and O–H groups in total. The van der Waals surface area contributed by atoms with Crippen molar-refractivity contribution in [3.05, 3.63) is 82.0 Å². The van der Waals surface area contributed by atoms with Gasteiger partial charge in [-0.15, -0.1) is 0 Å². The molecule has 2 aromatic carbocycles. The minimum atomic E-state index is -0.707. The van der Waals surface area contributed by atoms with Gasteiger partial charge >= 0.3 is 5.76 Å². The Hall–Kier alpha value is -3.25. The number of carbonyl (C=O) groups excluding carboxylic acids is 1. The first-order chi connectivity index (χ1) is 13.9. The number of hydrogen-bond acceptors (Lipinski definition) is 4. The molecular formula is C22H19ClN2O4. The average Bonchev–Trinajstić information content (AvgIpc) is 3.30. The highest BCUT2D eigenvalue weighted by Crippen LogP contribution is 2.25. The Kier molecular flexibility index (Phi) is 5.03. The number of furan rings is 1. The third-order valence-electron chi connectivity index (χ3n) is 4.82. The van der Waals surface area contributed by atoms with Crippen molar-refractivity contribution in [3.63, 3.8) is 0 Å². The van der Waals surface area contributed by atoms with E-state index in [4.69, 9.17) is 20.4 Å². The molecule has 4 aromatic rings. The summed E-state index contributed by atoms with van der Waals surface area (Å²) in [5.74, 6) is 0.566. The predicted octanol–water partition coefficient (Wildman–Crippen LogP) is 4.73. The Morgan fingerprint density at radius 1 is 1.07 bits per heavy atom. The minimum absolute atomic E-state index is 0.219. The summed E-state index contributed by atoms with van der Waals surface area (Å²) in [7, 11) is 1.68. The van der Waals surface area contributed by atoms with Crippen LogP contribution in [0.2, 0.25) is 5.02 Å². The van der Waals surface area contributed by atoms with Crippen LogP contribution < -0.4 is 5.76 Å². The fraction of sp³-hybridized carbons (Fsp3) is 0.182. The zero-order valence-corrected chi connectivity index (χ0v) is 16.7. The normalized spacial score (nSPS) is 12.2. The van der Waals surface area contributed by atoms with Crippen LogP contribution in [0.5, 0.6) is 0 Å². The standard InChI is InChI=1S/C22H19ClN2O4/c1-14(25-18-5-3-4-6-20(18)29-22(25)27)21(26)24(2)13-17-11-12-19(28-17)15-7-9-16(23)10-8-15/h3-12,14H,13H2,1-2H3/t14-/m0/s1. The van der Waals surface area contributed by atoms with Crippen molar-refractivity contribution in [3.8, 4) is 11.3 Å². The van der Waals surface area contributed by atoms with Gasteiger partial charge in [0.25, 0.3) is 0 Å². The first-order valence-electron chi connectivity index (χ1n) is 9.14. The minimum Gasteiger partial charge on any atom is -0.459 e. The monoisotopic (exact) mass is 410 g/mol. The molecule has 1 amide bonds. The Labute approximate surface area is 171 Å². The second-order valence-corrected chi connectivity index (χ2v) is 7.29. The van der Waals surface area contributed by atoms with Gasteiger partial charge < -0.3 is 13.7 Å². The summed E-state index contributed by atoms with van der Waals surface area (Å²) in [5, 5.41) is 0.655. The summed E-state index contributed by atoms with van der Waals surface area (Å²) in [6.45, 7) is 1.96. The third kappa shape index (κ3) is 3.71. The van der Waals surface area contributed by atoms with Crippen LogP contribution in [-0.4, -0.2) is 22.4 Å². The Morgan fingerprint density at radius 3 is 2.55 bits per heavy atom. The van der Waals surface area contributed by atoms with Crippen molar-refractivity contribution >= 4 is 28.6 Å². The molecule has 0 fully saturated rings. The molecule has 0 aliphatic carbocycles. The largest absolute Gasteiger partial charge is 0.459 e. The number of hydrogen-bond donors (Lipinski definition) is 0. The number of halogens is 1. The lowest BCUT2D eigenvalue weighted by Gasteiger charge is -2.21. The van der Waals surface area contributed by atoms with E-state index in [0.29, 0.717) is 27.6 Å². The van der Waals surface area contributed by atoms with E-state index in [-0.39, 0.29) is 12.5 Å². The van der Waals surface area contributed by atoms with E-state index in [1.54, 1.807) is 50.4 Å². The molecular weight excluding hydrogens is 392 g/mol. The molecule has 2 heterocycles. The molecule has 4 rings (SSSR count). The summed E-state index contributed by atoms with van der Waals surface area (Å²) in [6.07, 6.45) is 0. The highest BCUT2D eigenvalue weighted by atomic mass is 35.5. The molecule has 7 heteroatoms. The molecule has 0 aliphatic rings. The van der Waals surface area contributed by atoms with Crippen LogP contribution >= 0.6 is 11.6 Å². The fourth-order valence-corrected chi connectivity index (χ4v) is 3.45. The number of rotatable bonds is 5. The number of para-hydroxylation sites is 2. The van der Waals surface area contributed by atoms with Gasteiger partial charge in [0.1, 0.15) is 17.6 Å². The number of oxazole rings is 1. The summed E-state index contributed by atoms with van der Waals surface area (Å²) in [6, 6.07) is 17.4. The van der Waals surface area contributed by atoms with E-state index < -0.39 is 11.8 Å². The Morgan fingerprint density at radius 2 is 1.79 bits per heavy atom. The maximum Gasteiger partial charge on any atom is 0.420 e. The van der Waals surface area contributed by atoms with Crippen LogP contribution in [0.3, 0.4) is 0 Å². The second-order valence-electron chi connectivity index (χ2n) is 6.85. The summed E-state index contributed by atoms with van der Waals surface area (Å²) < 4.78 is 12.5. The van der Waals surface area contributed by atoms with Crippen LogP contribution in [0, 0.1) is 0 Å². The molecule has 0 radical (unpaired) electrons. The molecule has 0 bridgehead atoms. The van der Waals surface area contributed by atoms with Crippen LogP contribution in [-0.2, 0) is 11.3 Å². The lowest BCUT2D eigenvalue weighted by Crippen LogP contribution is -2.35. The fourth-order valence-electron chi connectivity index (χ4n) is 3.32. The van der Waals surface area contributed by atoms with Gasteiger partial charge in [0, 0.05) is 17.6 Å². The molecule has 29 heavy (non-hydrogen) atoms. The van der Waals surface area contributed by atoms with E-state index in [0.717, 1.165) is 5.56 Å². The quantitative estimate of drug-likeness (QED) is 0.477. The number of nitrogens with zero attached hydrogens (tertiary/aromatic N) is 2. The van der Waals surface area contributed by atoms with Gasteiger partial charge in [-0.2, -0.15) is 0 Å². The summed E-state index contributed by atoms with van der Waals surface area (Å²) in [4.78, 5) is 26.7. The van der Waals surface area contributed by atoms with Gasteiger partial charge in [0.2, 0.25) is 5.91 Å². The molecule has 6 nitrogen and oxygen atoms in total. The van der Waals surface area contributed by atoms with Crippen molar-refractivity contribution in [2.75, 3.05) is 7.05 Å². The van der Waals surface area contributed by atoms with Crippen molar-refractivity contribution in [1.82, 2.24) is 9.47 Å². The van der Waals surface area contributed by atoms with E-state index in [1.807, 2.05) is 24.3 Å². The zero-order chi connectivity index (χ0) is 20.5.